The molecule has 1 fully saturated rings. The monoisotopic (exact) mass is 531 g/mol. The Morgan fingerprint density at radius 1 is 1.10 bits per heavy atom. The number of non-ortho nitro benzene ring substituents is 1. The van der Waals surface area contributed by atoms with E-state index in [0.717, 1.165) is 50.9 Å². The number of nitrogens with zero attached hydrogens (tertiary/aromatic N) is 4. The van der Waals surface area contributed by atoms with E-state index in [9.17, 15) is 19.7 Å². The van der Waals surface area contributed by atoms with Crippen LogP contribution in [0.15, 0.2) is 71.0 Å². The van der Waals surface area contributed by atoms with Gasteiger partial charge in [0.15, 0.2) is 0 Å². The Bertz CT molecular complexity index is 1230. The molecule has 39 heavy (non-hydrogen) atoms. The summed E-state index contributed by atoms with van der Waals surface area (Å²) >= 11 is 0. The van der Waals surface area contributed by atoms with Gasteiger partial charge in [-0.15, -0.1) is 0 Å². The molecule has 1 N–H and O–H groups in total. The second kappa shape index (κ2) is 12.3. The Morgan fingerprint density at radius 3 is 2.36 bits per heavy atom. The first-order valence-electron chi connectivity index (χ1n) is 13.5. The summed E-state index contributed by atoms with van der Waals surface area (Å²) in [5.41, 5.74) is 4.45. The molecule has 0 aromatic heterocycles. The largest absolute Gasteiger partial charge is 0.350 e. The third kappa shape index (κ3) is 6.25. The highest BCUT2D eigenvalue weighted by Crippen LogP contribution is 2.38. The zero-order valence-electron chi connectivity index (χ0n) is 22.9. The van der Waals surface area contributed by atoms with Crippen LogP contribution in [0.25, 0.3) is 0 Å². The molecule has 2 aliphatic rings. The quantitative estimate of drug-likeness (QED) is 0.263. The van der Waals surface area contributed by atoms with Gasteiger partial charge in [-0.1, -0.05) is 49.4 Å². The van der Waals surface area contributed by atoms with Gasteiger partial charge in [0, 0.05) is 24.4 Å². The SMILES string of the molecule is CC1=NC(C)=C(N(C=O)CCCN2CCC(C)(c3ccccc3)CC2)C(c2ccc([N+](=O)[O-])cc2)C1NC=O. The number of carbonyl (C=O) groups excluding carboxylic acids is 2. The molecule has 2 atom stereocenters. The summed E-state index contributed by atoms with van der Waals surface area (Å²) in [5, 5.41) is 14.0. The second-order valence-electron chi connectivity index (χ2n) is 10.7. The van der Waals surface area contributed by atoms with Crippen molar-refractivity contribution < 1.29 is 14.5 Å². The second-order valence-corrected chi connectivity index (χ2v) is 10.7. The highest BCUT2D eigenvalue weighted by molar-refractivity contribution is 5.92. The number of piperidine rings is 1. The number of benzene rings is 2. The number of nitrogens with one attached hydrogen (secondary N) is 1. The molecule has 0 spiro atoms. The van der Waals surface area contributed by atoms with Crippen LogP contribution in [0, 0.1) is 10.1 Å². The first-order chi connectivity index (χ1) is 18.8. The van der Waals surface area contributed by atoms with Crippen molar-refractivity contribution in [3.05, 3.63) is 87.2 Å². The van der Waals surface area contributed by atoms with E-state index in [1.54, 1.807) is 17.0 Å². The average Bonchev–Trinajstić information content (AvgIpc) is 2.94. The minimum Gasteiger partial charge on any atom is -0.350 e. The van der Waals surface area contributed by atoms with E-state index in [0.29, 0.717) is 30.1 Å². The van der Waals surface area contributed by atoms with Crippen LogP contribution in [-0.2, 0) is 15.0 Å². The van der Waals surface area contributed by atoms with Crippen LogP contribution in [0.5, 0.6) is 0 Å². The lowest BCUT2D eigenvalue weighted by Crippen LogP contribution is -2.46. The zero-order valence-corrected chi connectivity index (χ0v) is 22.9. The molecule has 0 bridgehead atoms. The van der Waals surface area contributed by atoms with Crippen molar-refractivity contribution in [1.82, 2.24) is 15.1 Å². The number of nitro benzene ring substituents is 1. The number of nitro groups is 1. The van der Waals surface area contributed by atoms with Gasteiger partial charge in [0.2, 0.25) is 12.8 Å². The number of rotatable bonds is 11. The van der Waals surface area contributed by atoms with Gasteiger partial charge in [-0.05, 0) is 69.3 Å². The summed E-state index contributed by atoms with van der Waals surface area (Å²) in [7, 11) is 0. The maximum absolute atomic E-state index is 12.4. The predicted octanol–water partition coefficient (Wildman–Crippen LogP) is 4.40. The smallest absolute Gasteiger partial charge is 0.269 e. The molecule has 0 saturated carbocycles. The lowest BCUT2D eigenvalue weighted by molar-refractivity contribution is -0.384. The highest BCUT2D eigenvalue weighted by Gasteiger charge is 2.36. The summed E-state index contributed by atoms with van der Waals surface area (Å²) in [6.45, 7) is 9.45. The lowest BCUT2D eigenvalue weighted by Gasteiger charge is -2.40. The van der Waals surface area contributed by atoms with Crippen molar-refractivity contribution in [3.8, 4) is 0 Å². The van der Waals surface area contributed by atoms with Crippen molar-refractivity contribution >= 4 is 24.2 Å². The van der Waals surface area contributed by atoms with E-state index in [2.05, 4.69) is 52.5 Å². The third-order valence-corrected chi connectivity index (χ3v) is 8.24. The van der Waals surface area contributed by atoms with Crippen LogP contribution in [0.3, 0.4) is 0 Å². The van der Waals surface area contributed by atoms with Crippen molar-refractivity contribution in [2.75, 3.05) is 26.2 Å². The Hall–Kier alpha value is -3.85. The van der Waals surface area contributed by atoms with Gasteiger partial charge < -0.3 is 15.1 Å². The predicted molar refractivity (Wildman–Crippen MR) is 151 cm³/mol. The standard InChI is InChI=1S/C30H37N5O4/c1-22-28(31-20-36)27(24-10-12-26(13-11-24)35(38)39)29(23(2)32-22)34(21-37)17-7-16-33-18-14-30(3,15-19-33)25-8-5-4-6-9-25/h4-6,8-13,20-21,27-28H,7,14-19H2,1-3H3,(H,31,36). The van der Waals surface area contributed by atoms with Crippen molar-refractivity contribution in [2.45, 2.75) is 57.4 Å². The number of carbonyl (C=O) groups is 2. The van der Waals surface area contributed by atoms with E-state index >= 15 is 0 Å². The lowest BCUT2D eigenvalue weighted by atomic mass is 9.74. The first-order valence-corrected chi connectivity index (χ1v) is 13.5. The fourth-order valence-electron chi connectivity index (χ4n) is 5.94. The normalized spacial score (nSPS) is 21.2. The van der Waals surface area contributed by atoms with E-state index in [1.165, 1.54) is 17.7 Å². The van der Waals surface area contributed by atoms with Crippen molar-refractivity contribution in [2.24, 2.45) is 4.99 Å². The minimum atomic E-state index is -0.470. The van der Waals surface area contributed by atoms with Crippen LogP contribution in [-0.4, -0.2) is 65.5 Å². The number of allylic oxidation sites excluding steroid dienone is 1. The minimum absolute atomic E-state index is 0.0146. The number of amides is 2. The van der Waals surface area contributed by atoms with Crippen LogP contribution < -0.4 is 5.32 Å². The Balaban J connectivity index is 1.47. The first kappa shape index (κ1) is 28.2. The Morgan fingerprint density at radius 2 is 1.77 bits per heavy atom. The molecular formula is C30H37N5O4. The molecule has 2 unspecified atom stereocenters. The molecule has 0 radical (unpaired) electrons. The molecule has 0 aliphatic carbocycles. The zero-order chi connectivity index (χ0) is 28.0. The maximum Gasteiger partial charge on any atom is 0.269 e. The Labute approximate surface area is 229 Å². The fourth-order valence-corrected chi connectivity index (χ4v) is 5.94. The number of aliphatic imine (C=N–C) groups is 1. The van der Waals surface area contributed by atoms with E-state index in [1.807, 2.05) is 13.8 Å². The number of hydrogen-bond acceptors (Lipinski definition) is 6. The third-order valence-electron chi connectivity index (χ3n) is 8.24. The molecule has 2 aromatic rings. The molecule has 2 aromatic carbocycles. The average molecular weight is 532 g/mol. The number of hydrogen-bond donors (Lipinski definition) is 1. The van der Waals surface area contributed by atoms with E-state index < -0.39 is 16.9 Å². The summed E-state index contributed by atoms with van der Waals surface area (Å²) in [6, 6.07) is 16.5. The van der Waals surface area contributed by atoms with Crippen LogP contribution in [0.2, 0.25) is 0 Å². The molecule has 206 valence electrons. The molecule has 2 heterocycles. The summed E-state index contributed by atoms with van der Waals surface area (Å²) < 4.78 is 0. The fraction of sp³-hybridized carbons (Fsp3) is 0.433. The molecule has 1 saturated heterocycles. The van der Waals surface area contributed by atoms with E-state index in [-0.39, 0.29) is 11.1 Å². The molecule has 2 amide bonds. The van der Waals surface area contributed by atoms with Gasteiger partial charge in [-0.3, -0.25) is 24.7 Å². The van der Waals surface area contributed by atoms with Crippen molar-refractivity contribution in [1.29, 1.82) is 0 Å². The molecule has 4 rings (SSSR count). The van der Waals surface area contributed by atoms with Crippen LogP contribution in [0.1, 0.15) is 57.1 Å². The highest BCUT2D eigenvalue weighted by atomic mass is 16.6. The Kier molecular flexibility index (Phi) is 8.91. The van der Waals surface area contributed by atoms with Gasteiger partial charge in [0.05, 0.1) is 28.3 Å². The maximum atomic E-state index is 12.4. The molecule has 9 nitrogen and oxygen atoms in total. The molecule has 2 aliphatic heterocycles. The number of likely N-dealkylation sites (tertiary alicyclic amines) is 1. The van der Waals surface area contributed by atoms with Gasteiger partial charge in [-0.2, -0.15) is 0 Å². The van der Waals surface area contributed by atoms with Gasteiger partial charge in [-0.25, -0.2) is 0 Å². The van der Waals surface area contributed by atoms with E-state index in [4.69, 9.17) is 0 Å². The topological polar surface area (TPSA) is 108 Å². The molecular weight excluding hydrogens is 494 g/mol. The van der Waals surface area contributed by atoms with Gasteiger partial charge in [0.25, 0.3) is 5.69 Å². The van der Waals surface area contributed by atoms with Gasteiger partial charge in [0.1, 0.15) is 0 Å². The summed E-state index contributed by atoms with van der Waals surface area (Å²) in [5.74, 6) is -0.403. The van der Waals surface area contributed by atoms with Crippen molar-refractivity contribution in [3.63, 3.8) is 0 Å². The van der Waals surface area contributed by atoms with Crippen LogP contribution in [0.4, 0.5) is 5.69 Å². The summed E-state index contributed by atoms with van der Waals surface area (Å²) in [6.07, 6.45) is 4.43. The molecule has 9 heteroatoms. The summed E-state index contributed by atoms with van der Waals surface area (Å²) in [4.78, 5) is 43.4. The van der Waals surface area contributed by atoms with Gasteiger partial charge >= 0.3 is 0 Å². The van der Waals surface area contributed by atoms with Crippen LogP contribution >= 0.6 is 0 Å².